The van der Waals surface area contributed by atoms with E-state index in [1.54, 1.807) is 0 Å². The summed E-state index contributed by atoms with van der Waals surface area (Å²) in [5.74, 6) is 5.00. The van der Waals surface area contributed by atoms with Gasteiger partial charge in [-0.05, 0) is 73.9 Å². The lowest BCUT2D eigenvalue weighted by Gasteiger charge is -2.57. The second-order valence-corrected chi connectivity index (χ2v) is 8.23. The van der Waals surface area contributed by atoms with Crippen LogP contribution in [0.25, 0.3) is 0 Å². The van der Waals surface area contributed by atoms with Crippen LogP contribution in [0.15, 0.2) is 0 Å². The molecule has 4 bridgehead atoms. The zero-order valence-electron chi connectivity index (χ0n) is 11.2. The van der Waals surface area contributed by atoms with Gasteiger partial charge in [-0.25, -0.2) is 0 Å². The van der Waals surface area contributed by atoms with Gasteiger partial charge in [0.1, 0.15) is 0 Å². The van der Waals surface area contributed by atoms with E-state index in [2.05, 4.69) is 0 Å². The molecule has 0 aromatic carbocycles. The third kappa shape index (κ3) is 2.73. The van der Waals surface area contributed by atoms with Gasteiger partial charge in [0.2, 0.25) is 0 Å². The summed E-state index contributed by atoms with van der Waals surface area (Å²) in [7, 11) is 0. The van der Waals surface area contributed by atoms with Crippen molar-refractivity contribution in [2.45, 2.75) is 51.0 Å². The second kappa shape index (κ2) is 5.34. The van der Waals surface area contributed by atoms with E-state index in [1.165, 1.54) is 50.7 Å². The van der Waals surface area contributed by atoms with Crippen LogP contribution < -0.4 is 0 Å². The fourth-order valence-electron chi connectivity index (χ4n) is 5.16. The second-order valence-electron chi connectivity index (χ2n) is 7.08. The molecule has 1 atom stereocenters. The predicted octanol–water partition coefficient (Wildman–Crippen LogP) is 2.68. The van der Waals surface area contributed by atoms with Crippen molar-refractivity contribution in [3.63, 3.8) is 0 Å². The first kappa shape index (κ1) is 13.3. The fourth-order valence-corrected chi connectivity index (χ4v) is 6.28. The maximum atomic E-state index is 9.35. The van der Waals surface area contributed by atoms with E-state index in [0.717, 1.165) is 17.8 Å². The van der Waals surface area contributed by atoms with E-state index in [0.29, 0.717) is 11.2 Å². The molecule has 0 heterocycles. The summed E-state index contributed by atoms with van der Waals surface area (Å²) in [6, 6.07) is 0. The molecule has 4 saturated carbocycles. The quantitative estimate of drug-likeness (QED) is 0.729. The van der Waals surface area contributed by atoms with Crippen LogP contribution in [0.3, 0.4) is 0 Å². The topological polar surface area (TPSA) is 40.5 Å². The van der Waals surface area contributed by atoms with Gasteiger partial charge < -0.3 is 10.2 Å². The summed E-state index contributed by atoms with van der Waals surface area (Å²) in [4.78, 5) is 0. The molecule has 0 saturated heterocycles. The SMILES string of the molecule is OCC(O)CSCCC12CC3CC(CC(C3)C1)C2. The van der Waals surface area contributed by atoms with E-state index in [9.17, 15) is 5.11 Å². The fraction of sp³-hybridized carbons (Fsp3) is 1.00. The smallest absolute Gasteiger partial charge is 0.0861 e. The van der Waals surface area contributed by atoms with Crippen molar-refractivity contribution >= 4 is 11.8 Å². The number of aliphatic hydroxyl groups is 2. The molecule has 0 aliphatic heterocycles. The number of hydrogen-bond donors (Lipinski definition) is 2. The van der Waals surface area contributed by atoms with Gasteiger partial charge in [-0.2, -0.15) is 11.8 Å². The lowest BCUT2D eigenvalue weighted by Crippen LogP contribution is -2.46. The predicted molar refractivity (Wildman–Crippen MR) is 75.6 cm³/mol. The lowest BCUT2D eigenvalue weighted by atomic mass is 9.49. The van der Waals surface area contributed by atoms with E-state index in [1.807, 2.05) is 11.8 Å². The van der Waals surface area contributed by atoms with Gasteiger partial charge in [0.25, 0.3) is 0 Å². The molecule has 2 N–H and O–H groups in total. The molecular formula is C15H26O2S. The lowest BCUT2D eigenvalue weighted by molar-refractivity contribution is -0.0538. The van der Waals surface area contributed by atoms with Crippen LogP contribution in [-0.2, 0) is 0 Å². The first-order chi connectivity index (χ1) is 8.69. The van der Waals surface area contributed by atoms with Crippen LogP contribution in [-0.4, -0.2) is 34.4 Å². The van der Waals surface area contributed by atoms with Crippen molar-refractivity contribution in [2.24, 2.45) is 23.2 Å². The van der Waals surface area contributed by atoms with Crippen LogP contribution in [0.5, 0.6) is 0 Å². The standard InChI is InChI=1S/C15H26O2S/c16-9-14(17)10-18-2-1-15-6-11-3-12(7-15)5-13(4-11)8-15/h11-14,16-17H,1-10H2. The highest BCUT2D eigenvalue weighted by molar-refractivity contribution is 7.99. The Morgan fingerprint density at radius 2 is 1.61 bits per heavy atom. The minimum Gasteiger partial charge on any atom is -0.394 e. The van der Waals surface area contributed by atoms with Crippen molar-refractivity contribution < 1.29 is 10.2 Å². The summed E-state index contributed by atoms with van der Waals surface area (Å²) < 4.78 is 0. The molecule has 0 aromatic rings. The van der Waals surface area contributed by atoms with Gasteiger partial charge >= 0.3 is 0 Å². The molecule has 4 fully saturated rings. The summed E-state index contributed by atoms with van der Waals surface area (Å²) in [6.45, 7) is -0.0929. The first-order valence-electron chi connectivity index (χ1n) is 7.56. The van der Waals surface area contributed by atoms with E-state index >= 15 is 0 Å². The molecule has 3 heteroatoms. The van der Waals surface area contributed by atoms with E-state index in [4.69, 9.17) is 5.11 Å². The molecular weight excluding hydrogens is 244 g/mol. The van der Waals surface area contributed by atoms with Crippen molar-refractivity contribution in [1.82, 2.24) is 0 Å². The van der Waals surface area contributed by atoms with Crippen LogP contribution >= 0.6 is 11.8 Å². The molecule has 0 aromatic heterocycles. The first-order valence-corrected chi connectivity index (χ1v) is 8.71. The highest BCUT2D eigenvalue weighted by atomic mass is 32.2. The number of thioether (sulfide) groups is 1. The molecule has 2 nitrogen and oxygen atoms in total. The summed E-state index contributed by atoms with van der Waals surface area (Å²) in [6.07, 6.45) is 9.86. The van der Waals surface area contributed by atoms with Gasteiger partial charge in [0, 0.05) is 5.75 Å². The Balaban J connectivity index is 1.47. The Hall–Kier alpha value is 0.270. The maximum absolute atomic E-state index is 9.35. The minimum absolute atomic E-state index is 0.0929. The van der Waals surface area contributed by atoms with Gasteiger partial charge in [-0.1, -0.05) is 0 Å². The average Bonchev–Trinajstić information content (AvgIpc) is 2.32. The maximum Gasteiger partial charge on any atom is 0.0861 e. The minimum atomic E-state index is -0.522. The highest BCUT2D eigenvalue weighted by Gasteiger charge is 2.50. The molecule has 4 aliphatic rings. The molecule has 18 heavy (non-hydrogen) atoms. The highest BCUT2D eigenvalue weighted by Crippen LogP contribution is 2.61. The molecule has 0 amide bonds. The van der Waals surface area contributed by atoms with Gasteiger partial charge in [-0.3, -0.25) is 0 Å². The normalized spacial score (nSPS) is 43.3. The number of aliphatic hydroxyl groups excluding tert-OH is 2. The van der Waals surface area contributed by atoms with Crippen LogP contribution in [0.4, 0.5) is 0 Å². The summed E-state index contributed by atoms with van der Waals surface area (Å²) in [5, 5.41) is 18.1. The van der Waals surface area contributed by atoms with Crippen LogP contribution in [0, 0.1) is 23.2 Å². The van der Waals surface area contributed by atoms with Crippen molar-refractivity contribution in [3.8, 4) is 0 Å². The average molecular weight is 270 g/mol. The molecule has 0 radical (unpaired) electrons. The Labute approximate surface area is 115 Å². The van der Waals surface area contributed by atoms with Crippen molar-refractivity contribution in [1.29, 1.82) is 0 Å². The summed E-state index contributed by atoms with van der Waals surface area (Å²) >= 11 is 1.82. The zero-order chi connectivity index (χ0) is 12.6. The third-order valence-electron chi connectivity index (χ3n) is 5.46. The Morgan fingerprint density at radius 1 is 1.06 bits per heavy atom. The monoisotopic (exact) mass is 270 g/mol. The van der Waals surface area contributed by atoms with Crippen LogP contribution in [0.2, 0.25) is 0 Å². The Morgan fingerprint density at radius 3 is 2.11 bits per heavy atom. The summed E-state index contributed by atoms with van der Waals surface area (Å²) in [5.41, 5.74) is 0.673. The Kier molecular flexibility index (Phi) is 3.93. The zero-order valence-corrected chi connectivity index (χ0v) is 12.0. The largest absolute Gasteiger partial charge is 0.394 e. The number of rotatable bonds is 6. The Bertz CT molecular complexity index is 257. The molecule has 104 valence electrons. The molecule has 4 rings (SSSR count). The van der Waals surface area contributed by atoms with Crippen molar-refractivity contribution in [3.05, 3.63) is 0 Å². The number of hydrogen-bond acceptors (Lipinski definition) is 3. The van der Waals surface area contributed by atoms with Crippen LogP contribution in [0.1, 0.15) is 44.9 Å². The third-order valence-corrected chi connectivity index (χ3v) is 6.58. The van der Waals surface area contributed by atoms with Gasteiger partial charge in [0.05, 0.1) is 12.7 Å². The van der Waals surface area contributed by atoms with E-state index < -0.39 is 6.10 Å². The van der Waals surface area contributed by atoms with E-state index in [-0.39, 0.29) is 6.61 Å². The van der Waals surface area contributed by atoms with Gasteiger partial charge in [0.15, 0.2) is 0 Å². The van der Waals surface area contributed by atoms with Crippen molar-refractivity contribution in [2.75, 3.05) is 18.1 Å². The molecule has 0 spiro atoms. The molecule has 4 aliphatic carbocycles. The van der Waals surface area contributed by atoms with Gasteiger partial charge in [-0.15, -0.1) is 0 Å². The molecule has 1 unspecified atom stereocenters.